The van der Waals surface area contributed by atoms with Crippen LogP contribution in [0.4, 0.5) is 0 Å². The van der Waals surface area contributed by atoms with Gasteiger partial charge in [0.05, 0.1) is 16.6 Å². The molecule has 0 spiro atoms. The number of fused-ring (bicyclic) bond motifs is 1. The first-order valence-corrected chi connectivity index (χ1v) is 7.83. The number of benzene rings is 1. The van der Waals surface area contributed by atoms with Gasteiger partial charge in [-0.05, 0) is 36.5 Å². The maximum Gasteiger partial charge on any atom is 0.337 e. The van der Waals surface area contributed by atoms with Crippen molar-refractivity contribution >= 4 is 28.8 Å². The van der Waals surface area contributed by atoms with E-state index >= 15 is 0 Å². The number of H-pyrrole nitrogens is 1. The van der Waals surface area contributed by atoms with Crippen molar-refractivity contribution in [2.45, 2.75) is 18.9 Å². The molecule has 21 heavy (non-hydrogen) atoms. The summed E-state index contributed by atoms with van der Waals surface area (Å²) in [5.41, 5.74) is -0.639. The SMILES string of the molecule is O=C(O)c1cccc2[nH]c(=O)c(=O)n(C3CCSCC3)c12. The normalized spacial score (nSPS) is 16.2. The second-order valence-corrected chi connectivity index (χ2v) is 6.20. The molecule has 1 aromatic carbocycles. The van der Waals surface area contributed by atoms with Crippen LogP contribution in [0.25, 0.3) is 11.0 Å². The lowest BCUT2D eigenvalue weighted by Crippen LogP contribution is -2.39. The Morgan fingerprint density at radius 1 is 1.29 bits per heavy atom. The number of nitrogens with one attached hydrogen (secondary N) is 1. The first-order chi connectivity index (χ1) is 10.1. The van der Waals surface area contributed by atoms with Crippen molar-refractivity contribution in [2.24, 2.45) is 0 Å². The Bertz CT molecular complexity index is 818. The van der Waals surface area contributed by atoms with Crippen LogP contribution >= 0.6 is 11.8 Å². The van der Waals surface area contributed by atoms with Gasteiger partial charge in [0.15, 0.2) is 0 Å². The van der Waals surface area contributed by atoms with Gasteiger partial charge in [-0.2, -0.15) is 11.8 Å². The van der Waals surface area contributed by atoms with Crippen LogP contribution in [0, 0.1) is 0 Å². The number of rotatable bonds is 2. The third-order valence-electron chi connectivity index (χ3n) is 3.72. The fraction of sp³-hybridized carbons (Fsp3) is 0.357. The Morgan fingerprint density at radius 2 is 2.00 bits per heavy atom. The lowest BCUT2D eigenvalue weighted by Gasteiger charge is -2.25. The second kappa shape index (κ2) is 5.40. The Morgan fingerprint density at radius 3 is 2.67 bits per heavy atom. The number of aromatic carboxylic acids is 1. The minimum atomic E-state index is -1.11. The average Bonchev–Trinajstić information content (AvgIpc) is 2.48. The maximum absolute atomic E-state index is 12.3. The highest BCUT2D eigenvalue weighted by molar-refractivity contribution is 7.99. The lowest BCUT2D eigenvalue weighted by molar-refractivity contribution is 0.0698. The Kier molecular flexibility index (Phi) is 3.59. The summed E-state index contributed by atoms with van der Waals surface area (Å²) in [5.74, 6) is 0.701. The predicted octanol–water partition coefficient (Wildman–Crippen LogP) is 1.46. The average molecular weight is 306 g/mol. The summed E-state index contributed by atoms with van der Waals surface area (Å²) in [5, 5.41) is 9.35. The molecule has 1 aliphatic rings. The quantitative estimate of drug-likeness (QED) is 0.819. The van der Waals surface area contributed by atoms with Crippen molar-refractivity contribution in [2.75, 3.05) is 11.5 Å². The van der Waals surface area contributed by atoms with Crippen LogP contribution in [-0.4, -0.2) is 32.1 Å². The molecule has 0 unspecified atom stereocenters. The Balaban J connectivity index is 2.38. The zero-order valence-corrected chi connectivity index (χ0v) is 12.0. The van der Waals surface area contributed by atoms with Crippen LogP contribution in [0.5, 0.6) is 0 Å². The van der Waals surface area contributed by atoms with Gasteiger partial charge in [0, 0.05) is 6.04 Å². The first kappa shape index (κ1) is 13.9. The third kappa shape index (κ3) is 2.37. The number of aromatic amines is 1. The molecule has 110 valence electrons. The number of thioether (sulfide) groups is 1. The number of nitrogens with zero attached hydrogens (tertiary/aromatic N) is 1. The van der Waals surface area contributed by atoms with Crippen LogP contribution in [-0.2, 0) is 0 Å². The van der Waals surface area contributed by atoms with Gasteiger partial charge in [-0.3, -0.25) is 14.2 Å². The van der Waals surface area contributed by atoms with E-state index in [9.17, 15) is 19.5 Å². The van der Waals surface area contributed by atoms with Gasteiger partial charge in [0.2, 0.25) is 0 Å². The van der Waals surface area contributed by atoms with Crippen molar-refractivity contribution in [1.29, 1.82) is 0 Å². The summed E-state index contributed by atoms with van der Waals surface area (Å²) >= 11 is 1.80. The van der Waals surface area contributed by atoms with Crippen molar-refractivity contribution in [3.05, 3.63) is 44.5 Å². The lowest BCUT2D eigenvalue weighted by atomic mass is 10.1. The number of aromatic nitrogens is 2. The summed E-state index contributed by atoms with van der Waals surface area (Å²) in [6.45, 7) is 0. The largest absolute Gasteiger partial charge is 0.478 e. The predicted molar refractivity (Wildman–Crippen MR) is 81.4 cm³/mol. The van der Waals surface area contributed by atoms with Crippen molar-refractivity contribution in [1.82, 2.24) is 9.55 Å². The molecule has 0 radical (unpaired) electrons. The monoisotopic (exact) mass is 306 g/mol. The molecule has 0 saturated carbocycles. The number of carbonyl (C=O) groups is 1. The fourth-order valence-electron chi connectivity index (χ4n) is 2.75. The van der Waals surface area contributed by atoms with Gasteiger partial charge in [-0.15, -0.1) is 0 Å². The number of hydrogen-bond acceptors (Lipinski definition) is 4. The molecule has 1 aromatic heterocycles. The van der Waals surface area contributed by atoms with E-state index < -0.39 is 17.1 Å². The highest BCUT2D eigenvalue weighted by Crippen LogP contribution is 2.28. The van der Waals surface area contributed by atoms with Crippen molar-refractivity contribution in [3.63, 3.8) is 0 Å². The molecular formula is C14H14N2O4S. The fourth-order valence-corrected chi connectivity index (χ4v) is 3.84. The minimum absolute atomic E-state index is 0.0408. The van der Waals surface area contributed by atoms with Gasteiger partial charge < -0.3 is 10.1 Å². The van der Waals surface area contributed by atoms with Crippen LogP contribution in [0.3, 0.4) is 0 Å². The second-order valence-electron chi connectivity index (χ2n) is 4.98. The van der Waals surface area contributed by atoms with Gasteiger partial charge in [-0.1, -0.05) is 6.07 Å². The third-order valence-corrected chi connectivity index (χ3v) is 4.77. The zero-order chi connectivity index (χ0) is 15.0. The summed E-state index contributed by atoms with van der Waals surface area (Å²) in [6, 6.07) is 4.52. The smallest absolute Gasteiger partial charge is 0.337 e. The molecule has 0 aliphatic carbocycles. The molecule has 2 N–H and O–H groups in total. The van der Waals surface area contributed by atoms with E-state index in [1.807, 2.05) is 0 Å². The van der Waals surface area contributed by atoms with Gasteiger partial charge in [-0.25, -0.2) is 4.79 Å². The molecule has 3 rings (SSSR count). The van der Waals surface area contributed by atoms with Gasteiger partial charge >= 0.3 is 17.1 Å². The number of hydrogen-bond donors (Lipinski definition) is 2. The van der Waals surface area contributed by atoms with Crippen molar-refractivity contribution in [3.8, 4) is 0 Å². The molecular weight excluding hydrogens is 292 g/mol. The zero-order valence-electron chi connectivity index (χ0n) is 11.2. The number of carboxylic acid groups (broad SMARTS) is 1. The number of carboxylic acids is 1. The summed E-state index contributed by atoms with van der Waals surface area (Å²) in [7, 11) is 0. The molecule has 0 amide bonds. The summed E-state index contributed by atoms with van der Waals surface area (Å²) < 4.78 is 1.39. The van der Waals surface area contributed by atoms with E-state index in [4.69, 9.17) is 0 Å². The molecule has 1 fully saturated rings. The Labute approximate surface area is 123 Å². The van der Waals surface area contributed by atoms with E-state index in [1.165, 1.54) is 10.6 Å². The van der Waals surface area contributed by atoms with Crippen LogP contribution in [0.1, 0.15) is 29.2 Å². The van der Waals surface area contributed by atoms with E-state index in [0.29, 0.717) is 11.0 Å². The molecule has 0 bridgehead atoms. The number of para-hydroxylation sites is 1. The standard InChI is InChI=1S/C14H14N2O4S/c17-12-13(18)16(8-4-6-21-7-5-8)11-9(14(19)20)2-1-3-10(11)15-12/h1-3,8H,4-7H2,(H,15,17)(H,19,20). The van der Waals surface area contributed by atoms with Gasteiger partial charge in [0.25, 0.3) is 0 Å². The van der Waals surface area contributed by atoms with Crippen LogP contribution in [0.15, 0.2) is 27.8 Å². The van der Waals surface area contributed by atoms with E-state index in [0.717, 1.165) is 24.3 Å². The molecule has 0 atom stereocenters. The first-order valence-electron chi connectivity index (χ1n) is 6.68. The topological polar surface area (TPSA) is 92.2 Å². The maximum atomic E-state index is 12.3. The Hall–Kier alpha value is -2.02. The van der Waals surface area contributed by atoms with Crippen LogP contribution in [0.2, 0.25) is 0 Å². The summed E-state index contributed by atoms with van der Waals surface area (Å²) in [6.07, 6.45) is 1.52. The highest BCUT2D eigenvalue weighted by Gasteiger charge is 2.23. The molecule has 6 nitrogen and oxygen atoms in total. The molecule has 7 heteroatoms. The molecule has 2 aromatic rings. The van der Waals surface area contributed by atoms with Crippen molar-refractivity contribution < 1.29 is 9.90 Å². The minimum Gasteiger partial charge on any atom is -0.478 e. The molecule has 1 aliphatic heterocycles. The summed E-state index contributed by atoms with van der Waals surface area (Å²) in [4.78, 5) is 38.0. The molecule has 1 saturated heterocycles. The highest BCUT2D eigenvalue weighted by atomic mass is 32.2. The van der Waals surface area contributed by atoms with Gasteiger partial charge in [0.1, 0.15) is 0 Å². The van der Waals surface area contributed by atoms with E-state index in [2.05, 4.69) is 4.98 Å². The molecule has 2 heterocycles. The van der Waals surface area contributed by atoms with E-state index in [-0.39, 0.29) is 11.6 Å². The van der Waals surface area contributed by atoms with E-state index in [1.54, 1.807) is 23.9 Å². The van der Waals surface area contributed by atoms with Crippen LogP contribution < -0.4 is 11.1 Å².